The Labute approximate surface area is 206 Å². The molecule has 4 rings (SSSR count). The molecule has 10 heteroatoms. The van der Waals surface area contributed by atoms with E-state index in [1.165, 1.54) is 18.7 Å². The Morgan fingerprint density at radius 1 is 1.14 bits per heavy atom. The quantitative estimate of drug-likeness (QED) is 0.219. The minimum absolute atomic E-state index is 0.0765. The monoisotopic (exact) mass is 494 g/mol. The highest BCUT2D eigenvalue weighted by atomic mass is 32.2. The van der Waals surface area contributed by atoms with Crippen LogP contribution in [0.1, 0.15) is 58.4 Å². The van der Waals surface area contributed by atoms with Gasteiger partial charge in [-0.05, 0) is 58.7 Å². The Hall–Kier alpha value is -3.66. The number of hydrogen-bond donors (Lipinski definition) is 1. The molecule has 1 N–H and O–H groups in total. The Kier molecular flexibility index (Phi) is 6.66. The second-order valence-corrected chi connectivity index (χ2v) is 9.55. The van der Waals surface area contributed by atoms with Crippen molar-refractivity contribution in [3.05, 3.63) is 52.3 Å². The van der Waals surface area contributed by atoms with Crippen LogP contribution in [-0.2, 0) is 9.53 Å². The Morgan fingerprint density at radius 2 is 1.89 bits per heavy atom. The Bertz CT molecular complexity index is 1490. The van der Waals surface area contributed by atoms with Gasteiger partial charge in [0.05, 0.1) is 22.9 Å². The van der Waals surface area contributed by atoms with E-state index < -0.39 is 17.1 Å². The number of pyridine rings is 1. The number of Topliss-reactive ketones (excluding diaryl/α,β-unsaturated/α-hetero) is 1. The average molecular weight is 495 g/mol. The third kappa shape index (κ3) is 4.41. The van der Waals surface area contributed by atoms with Gasteiger partial charge in [0.15, 0.2) is 16.6 Å². The molecule has 1 unspecified atom stereocenters. The van der Waals surface area contributed by atoms with E-state index >= 15 is 0 Å². The van der Waals surface area contributed by atoms with Crippen LogP contribution in [0.15, 0.2) is 33.8 Å². The van der Waals surface area contributed by atoms with E-state index in [9.17, 15) is 14.4 Å². The second kappa shape index (κ2) is 9.53. The smallest absolute Gasteiger partial charge is 0.344 e. The molecule has 1 aromatic carbocycles. The van der Waals surface area contributed by atoms with Gasteiger partial charge in [-0.15, -0.1) is 10.2 Å². The molecule has 0 saturated heterocycles. The van der Waals surface area contributed by atoms with Crippen LogP contribution in [0.25, 0.3) is 16.6 Å². The average Bonchev–Trinajstić information content (AvgIpc) is 3.34. The minimum atomic E-state index is -0.731. The maximum atomic E-state index is 13.1. The number of thioether (sulfide) groups is 1. The molecule has 3 aromatic heterocycles. The van der Waals surface area contributed by atoms with E-state index in [0.717, 1.165) is 22.0 Å². The van der Waals surface area contributed by atoms with Gasteiger partial charge in [-0.2, -0.15) is 0 Å². The van der Waals surface area contributed by atoms with Crippen molar-refractivity contribution in [1.29, 1.82) is 0 Å². The molecule has 4 aromatic rings. The number of aryl methyl sites for hydroxylation is 3. The third-order valence-electron chi connectivity index (χ3n) is 5.69. The van der Waals surface area contributed by atoms with Crippen LogP contribution >= 0.6 is 11.8 Å². The SMILES string of the molecule is CCOC(=O)c1c(NC(=O)C(C)Sc2nnc3cc(C)c4cccc(C)c4n23)oc(C)c1C(C)=O. The summed E-state index contributed by atoms with van der Waals surface area (Å²) in [6, 6.07) is 8.04. The highest BCUT2D eigenvalue weighted by molar-refractivity contribution is 8.00. The third-order valence-corrected chi connectivity index (χ3v) is 6.74. The molecule has 9 nitrogen and oxygen atoms in total. The fraction of sp³-hybridized carbons (Fsp3) is 0.320. The van der Waals surface area contributed by atoms with Gasteiger partial charge in [0.2, 0.25) is 11.8 Å². The van der Waals surface area contributed by atoms with Crippen molar-refractivity contribution < 1.29 is 23.5 Å². The first-order valence-corrected chi connectivity index (χ1v) is 12.0. The van der Waals surface area contributed by atoms with Gasteiger partial charge >= 0.3 is 5.97 Å². The van der Waals surface area contributed by atoms with Gasteiger partial charge in [0.1, 0.15) is 11.3 Å². The second-order valence-electron chi connectivity index (χ2n) is 8.24. The summed E-state index contributed by atoms with van der Waals surface area (Å²) >= 11 is 1.23. The first-order chi connectivity index (χ1) is 16.6. The zero-order valence-corrected chi connectivity index (χ0v) is 21.2. The van der Waals surface area contributed by atoms with Crippen LogP contribution in [0.2, 0.25) is 0 Å². The van der Waals surface area contributed by atoms with Crippen molar-refractivity contribution in [2.24, 2.45) is 0 Å². The first kappa shape index (κ1) is 24.5. The molecule has 3 heterocycles. The zero-order chi connectivity index (χ0) is 25.4. The molecule has 0 fully saturated rings. The van der Waals surface area contributed by atoms with Crippen molar-refractivity contribution in [3.8, 4) is 0 Å². The number of fused-ring (bicyclic) bond motifs is 3. The summed E-state index contributed by atoms with van der Waals surface area (Å²) < 4.78 is 12.6. The minimum Gasteiger partial charge on any atom is -0.462 e. The van der Waals surface area contributed by atoms with Crippen LogP contribution in [0.4, 0.5) is 5.88 Å². The van der Waals surface area contributed by atoms with Crippen LogP contribution in [0.3, 0.4) is 0 Å². The largest absolute Gasteiger partial charge is 0.462 e. The van der Waals surface area contributed by atoms with Gasteiger partial charge < -0.3 is 9.15 Å². The van der Waals surface area contributed by atoms with E-state index in [0.29, 0.717) is 10.8 Å². The first-order valence-electron chi connectivity index (χ1n) is 11.2. The van der Waals surface area contributed by atoms with Gasteiger partial charge in [-0.25, -0.2) is 4.79 Å². The number of rotatable bonds is 7. The number of ether oxygens (including phenoxy) is 1. The van der Waals surface area contributed by atoms with Gasteiger partial charge in [-0.3, -0.25) is 19.3 Å². The number of amides is 1. The number of esters is 1. The number of benzene rings is 1. The van der Waals surface area contributed by atoms with E-state index in [1.54, 1.807) is 20.8 Å². The summed E-state index contributed by atoms with van der Waals surface area (Å²) in [5.74, 6) is -1.38. The van der Waals surface area contributed by atoms with E-state index in [-0.39, 0.29) is 35.2 Å². The number of para-hydroxylation sites is 1. The molecular weight excluding hydrogens is 468 g/mol. The summed E-state index contributed by atoms with van der Waals surface area (Å²) in [7, 11) is 0. The summed E-state index contributed by atoms with van der Waals surface area (Å²) in [5, 5.41) is 12.3. The zero-order valence-electron chi connectivity index (χ0n) is 20.4. The molecular formula is C25H26N4O5S. The van der Waals surface area contributed by atoms with Crippen molar-refractivity contribution in [3.63, 3.8) is 0 Å². The molecule has 0 aliphatic carbocycles. The lowest BCUT2D eigenvalue weighted by Crippen LogP contribution is -2.24. The standard InChI is InChI=1S/C25H26N4O5S/c1-7-33-24(32)20-19(14(4)30)15(5)34-23(20)26-22(31)16(6)35-25-28-27-18-11-13(3)17-10-8-9-12(2)21(17)29(18)25/h8-11,16H,7H2,1-6H3,(H,26,31). The highest BCUT2D eigenvalue weighted by Crippen LogP contribution is 2.32. The molecule has 0 saturated carbocycles. The molecule has 35 heavy (non-hydrogen) atoms. The normalized spacial score (nSPS) is 12.2. The lowest BCUT2D eigenvalue weighted by atomic mass is 10.1. The Morgan fingerprint density at radius 3 is 2.57 bits per heavy atom. The van der Waals surface area contributed by atoms with Crippen molar-refractivity contribution in [2.45, 2.75) is 51.9 Å². The molecule has 0 spiro atoms. The lowest BCUT2D eigenvalue weighted by Gasteiger charge is -2.13. The predicted molar refractivity (Wildman–Crippen MR) is 133 cm³/mol. The van der Waals surface area contributed by atoms with Crippen LogP contribution in [0.5, 0.6) is 0 Å². The number of nitrogens with one attached hydrogen (secondary N) is 1. The predicted octanol–water partition coefficient (Wildman–Crippen LogP) is 4.90. The number of carbonyl (C=O) groups is 3. The summed E-state index contributed by atoms with van der Waals surface area (Å²) in [6.45, 7) is 10.4. The fourth-order valence-electron chi connectivity index (χ4n) is 4.09. The summed E-state index contributed by atoms with van der Waals surface area (Å²) in [4.78, 5) is 37.7. The highest BCUT2D eigenvalue weighted by Gasteiger charge is 2.30. The molecule has 182 valence electrons. The van der Waals surface area contributed by atoms with Gasteiger partial charge in [-0.1, -0.05) is 30.0 Å². The molecule has 0 aliphatic rings. The molecule has 0 radical (unpaired) electrons. The number of furan rings is 1. The lowest BCUT2D eigenvalue weighted by molar-refractivity contribution is -0.115. The number of carbonyl (C=O) groups excluding carboxylic acids is 3. The van der Waals surface area contributed by atoms with Crippen LogP contribution < -0.4 is 5.32 Å². The number of nitrogens with zero attached hydrogens (tertiary/aromatic N) is 3. The molecule has 0 aliphatic heterocycles. The van der Waals surface area contributed by atoms with E-state index in [2.05, 4.69) is 15.5 Å². The summed E-state index contributed by atoms with van der Waals surface area (Å²) in [5.41, 5.74) is 3.85. The van der Waals surface area contributed by atoms with Crippen molar-refractivity contribution in [2.75, 3.05) is 11.9 Å². The maximum absolute atomic E-state index is 13.1. The number of aromatic nitrogens is 3. The van der Waals surface area contributed by atoms with Crippen LogP contribution in [0, 0.1) is 20.8 Å². The number of hydrogen-bond acceptors (Lipinski definition) is 8. The van der Waals surface area contributed by atoms with E-state index in [1.807, 2.05) is 42.5 Å². The molecule has 0 bridgehead atoms. The fourth-order valence-corrected chi connectivity index (χ4v) is 4.95. The van der Waals surface area contributed by atoms with Crippen molar-refractivity contribution in [1.82, 2.24) is 14.6 Å². The van der Waals surface area contributed by atoms with Crippen molar-refractivity contribution >= 4 is 51.9 Å². The summed E-state index contributed by atoms with van der Waals surface area (Å²) in [6.07, 6.45) is 0. The topological polar surface area (TPSA) is 116 Å². The molecule has 1 atom stereocenters. The van der Waals surface area contributed by atoms with Gasteiger partial charge in [0.25, 0.3) is 0 Å². The number of ketones is 1. The molecule has 1 amide bonds. The van der Waals surface area contributed by atoms with E-state index in [4.69, 9.17) is 9.15 Å². The van der Waals surface area contributed by atoms with Crippen LogP contribution in [-0.4, -0.2) is 44.1 Å². The van der Waals surface area contributed by atoms with Gasteiger partial charge in [0, 0.05) is 5.39 Å². The maximum Gasteiger partial charge on any atom is 0.344 e. The number of anilines is 1. The Balaban J connectivity index is 1.66.